The van der Waals surface area contributed by atoms with Crippen molar-refractivity contribution in [2.75, 3.05) is 13.2 Å². The van der Waals surface area contributed by atoms with E-state index < -0.39 is 61.8 Å². The number of nitrogens with zero attached hydrogens (tertiary/aromatic N) is 2. The maximum atomic E-state index is 15.2. The zero-order valence-electron chi connectivity index (χ0n) is 22.2. The molecule has 1 fully saturated rings. The van der Waals surface area contributed by atoms with Crippen molar-refractivity contribution in [3.8, 4) is 5.75 Å². The Balaban J connectivity index is 1.78. The Kier molecular flexibility index (Phi) is 10.9. The van der Waals surface area contributed by atoms with E-state index in [0.717, 1.165) is 36.1 Å². The Labute approximate surface area is 229 Å². The lowest BCUT2D eigenvalue weighted by Crippen LogP contribution is -2.45. The first-order valence-corrected chi connectivity index (χ1v) is 14.3. The number of aromatic amines is 1. The highest BCUT2D eigenvalue weighted by Gasteiger charge is 2.57. The van der Waals surface area contributed by atoms with Crippen LogP contribution in [0, 0.1) is 0 Å². The van der Waals surface area contributed by atoms with Crippen LogP contribution in [-0.2, 0) is 23.4 Å². The zero-order valence-corrected chi connectivity index (χ0v) is 23.1. The van der Waals surface area contributed by atoms with E-state index in [4.69, 9.17) is 18.5 Å². The lowest BCUT2D eigenvalue weighted by Gasteiger charge is -2.30. The van der Waals surface area contributed by atoms with Gasteiger partial charge in [-0.1, -0.05) is 44.4 Å². The molecule has 2 aromatic rings. The van der Waals surface area contributed by atoms with Crippen molar-refractivity contribution in [3.63, 3.8) is 0 Å². The van der Waals surface area contributed by atoms with Crippen LogP contribution >= 0.6 is 7.75 Å². The van der Waals surface area contributed by atoms with Crippen molar-refractivity contribution in [2.24, 2.45) is 4.99 Å². The van der Waals surface area contributed by atoms with Crippen molar-refractivity contribution >= 4 is 20.4 Å². The maximum absolute atomic E-state index is 15.2. The molecule has 220 valence electrons. The van der Waals surface area contributed by atoms with Crippen LogP contribution in [-0.4, -0.2) is 64.6 Å². The molecule has 1 aliphatic heterocycles. The maximum Gasteiger partial charge on any atom is 0.459 e. The van der Waals surface area contributed by atoms with Gasteiger partial charge in [0, 0.05) is 12.3 Å². The zero-order chi connectivity index (χ0) is 29.3. The third kappa shape index (κ3) is 7.73. The first-order chi connectivity index (χ1) is 19.0. The van der Waals surface area contributed by atoms with E-state index in [-0.39, 0.29) is 12.4 Å². The van der Waals surface area contributed by atoms with Gasteiger partial charge in [-0.3, -0.25) is 28.7 Å². The molecule has 6 atom stereocenters. The van der Waals surface area contributed by atoms with E-state index >= 15 is 4.39 Å². The second-order valence-electron chi connectivity index (χ2n) is 9.17. The van der Waals surface area contributed by atoms with Crippen LogP contribution in [0.4, 0.5) is 4.39 Å². The number of aliphatic hydroxyl groups excluding tert-OH is 1. The fourth-order valence-corrected chi connectivity index (χ4v) is 5.40. The number of esters is 1. The number of carbonyl (C=O) groups is 1. The number of nitrogens with one attached hydrogen (secondary N) is 2. The minimum Gasteiger partial charge on any atom is -0.465 e. The van der Waals surface area contributed by atoms with Crippen LogP contribution in [0.5, 0.6) is 5.75 Å². The molecule has 1 aromatic carbocycles. The summed E-state index contributed by atoms with van der Waals surface area (Å²) in [6.45, 7) is 6.12. The van der Waals surface area contributed by atoms with Crippen molar-refractivity contribution in [1.29, 1.82) is 0 Å². The van der Waals surface area contributed by atoms with Crippen LogP contribution in [0.1, 0.15) is 45.8 Å². The van der Waals surface area contributed by atoms with Gasteiger partial charge in [-0.05, 0) is 32.2 Å². The molecular weight excluding hydrogens is 550 g/mol. The number of carbonyl (C=O) groups excluding carboxylic acids is 1. The summed E-state index contributed by atoms with van der Waals surface area (Å²) in [6, 6.07) is 7.74. The van der Waals surface area contributed by atoms with Crippen LogP contribution < -0.4 is 20.9 Å². The first kappa shape index (κ1) is 31.4. The largest absolute Gasteiger partial charge is 0.465 e. The molecule has 1 aromatic heterocycles. The highest BCUT2D eigenvalue weighted by molar-refractivity contribution is 7.52. The Hall–Kier alpha value is -3.16. The molecular formula is C25H34FN4O9P. The summed E-state index contributed by atoms with van der Waals surface area (Å²) in [7, 11) is -4.43. The number of aliphatic hydroxyl groups is 1. The number of hydrogen-bond acceptors (Lipinski definition) is 10. The van der Waals surface area contributed by atoms with Crippen molar-refractivity contribution in [2.45, 2.75) is 69.8 Å². The highest BCUT2D eigenvalue weighted by atomic mass is 31.2. The lowest BCUT2D eigenvalue weighted by atomic mass is 10.1. The Morgan fingerprint density at radius 1 is 1.30 bits per heavy atom. The van der Waals surface area contributed by atoms with E-state index in [1.807, 2.05) is 4.98 Å². The molecule has 15 heteroatoms. The highest BCUT2D eigenvalue weighted by Crippen LogP contribution is 2.48. The fraction of sp³-hybridized carbons (Fsp3) is 0.520. The van der Waals surface area contributed by atoms with Gasteiger partial charge in [0.25, 0.3) is 5.56 Å². The number of para-hydroxylation sites is 1. The summed E-state index contributed by atoms with van der Waals surface area (Å²) in [5.74, 6) is -0.583. The topological polar surface area (TPSA) is 171 Å². The first-order valence-electron chi connectivity index (χ1n) is 12.8. The van der Waals surface area contributed by atoms with Gasteiger partial charge in [-0.25, -0.2) is 13.8 Å². The summed E-state index contributed by atoms with van der Waals surface area (Å²) in [4.78, 5) is 41.8. The fourth-order valence-electron chi connectivity index (χ4n) is 3.89. The summed E-state index contributed by atoms with van der Waals surface area (Å²) in [6.07, 6.45) is -1.38. The summed E-state index contributed by atoms with van der Waals surface area (Å²) in [5, 5.41) is 13.2. The third-order valence-electron chi connectivity index (χ3n) is 6.11. The van der Waals surface area contributed by atoms with Gasteiger partial charge >= 0.3 is 19.4 Å². The quantitative estimate of drug-likeness (QED) is 0.122. The van der Waals surface area contributed by atoms with Gasteiger partial charge in [0.15, 0.2) is 12.4 Å². The molecule has 1 unspecified atom stereocenters. The van der Waals surface area contributed by atoms with E-state index in [0.29, 0.717) is 6.42 Å². The number of halogens is 1. The van der Waals surface area contributed by atoms with E-state index in [2.05, 4.69) is 23.7 Å². The Morgan fingerprint density at radius 2 is 2.02 bits per heavy atom. The monoisotopic (exact) mass is 584 g/mol. The smallest absolute Gasteiger partial charge is 0.459 e. The molecule has 13 nitrogen and oxygen atoms in total. The van der Waals surface area contributed by atoms with Crippen LogP contribution in [0.15, 0.2) is 57.2 Å². The number of H-pyrrole nitrogens is 1. The second kappa shape index (κ2) is 14.0. The predicted octanol–water partition coefficient (Wildman–Crippen LogP) is 2.47. The summed E-state index contributed by atoms with van der Waals surface area (Å²) < 4.78 is 51.6. The lowest BCUT2D eigenvalue weighted by molar-refractivity contribution is -0.145. The van der Waals surface area contributed by atoms with Gasteiger partial charge in [0.2, 0.25) is 5.72 Å². The number of ether oxygens (including phenoxy) is 2. The van der Waals surface area contributed by atoms with Gasteiger partial charge in [-0.2, -0.15) is 5.09 Å². The molecule has 40 heavy (non-hydrogen) atoms. The molecule has 0 bridgehead atoms. The minimum absolute atomic E-state index is 0.119. The van der Waals surface area contributed by atoms with E-state index in [1.54, 1.807) is 18.2 Å². The van der Waals surface area contributed by atoms with E-state index in [1.165, 1.54) is 19.1 Å². The number of hydrogen-bond donors (Lipinski definition) is 3. The SMILES string of the molecule is C=N[C@]1(COP(=O)(N[C@@H](C)C(=O)OCCCCCC)Oc2ccccc2)O[C@@H](n2ccc(=O)[nH]c2=O)[C@H](F)[C@@H]1O. The average Bonchev–Trinajstić information content (AvgIpc) is 3.18. The minimum atomic E-state index is -4.43. The molecule has 2 heterocycles. The molecule has 1 saturated heterocycles. The average molecular weight is 585 g/mol. The van der Waals surface area contributed by atoms with Crippen molar-refractivity contribution in [3.05, 3.63) is 63.4 Å². The summed E-state index contributed by atoms with van der Waals surface area (Å²) in [5.41, 5.74) is -3.94. The molecule has 0 spiro atoms. The number of unbranched alkanes of at least 4 members (excludes halogenated alkanes) is 3. The van der Waals surface area contributed by atoms with Gasteiger partial charge < -0.3 is 19.1 Å². The number of aromatic nitrogens is 2. The summed E-state index contributed by atoms with van der Waals surface area (Å²) >= 11 is 0. The van der Waals surface area contributed by atoms with Crippen molar-refractivity contribution < 1.29 is 37.4 Å². The molecule has 0 aliphatic carbocycles. The van der Waals surface area contributed by atoms with Crippen LogP contribution in [0.3, 0.4) is 0 Å². The number of alkyl halides is 1. The third-order valence-corrected chi connectivity index (χ3v) is 7.74. The number of aliphatic imine (C=N–C) groups is 1. The molecule has 0 saturated carbocycles. The number of rotatable bonds is 15. The van der Waals surface area contributed by atoms with Gasteiger partial charge in [0.05, 0.1) is 6.61 Å². The molecule has 1 aliphatic rings. The standard InChI is InChI=1S/C25H34FN4O9P/c1-4-5-6-10-15-36-23(33)17(2)29-40(35,39-18-11-8-7-9-12-18)37-16-25(27-3)21(32)20(26)22(38-25)30-14-13-19(31)28-24(30)34/h7-9,11-14,17,20-22,32H,3-6,10,15-16H2,1-2H3,(H,29,35)(H,28,31,34)/t17-,20+,21-,22+,25+,40?/m0/s1. The van der Waals surface area contributed by atoms with E-state index in [9.17, 15) is 24.1 Å². The van der Waals surface area contributed by atoms with Crippen LogP contribution in [0.25, 0.3) is 0 Å². The molecule has 3 rings (SSSR count). The van der Waals surface area contributed by atoms with Gasteiger partial charge in [-0.15, -0.1) is 0 Å². The second-order valence-corrected chi connectivity index (χ2v) is 10.9. The Bertz CT molecular complexity index is 1310. The van der Waals surface area contributed by atoms with Gasteiger partial charge in [0.1, 0.15) is 24.5 Å². The van der Waals surface area contributed by atoms with Crippen LogP contribution in [0.2, 0.25) is 0 Å². The molecule has 3 N–H and O–H groups in total. The Morgan fingerprint density at radius 3 is 2.67 bits per heavy atom. The molecule has 0 radical (unpaired) electrons. The number of benzene rings is 1. The molecule has 0 amide bonds. The van der Waals surface area contributed by atoms with Crippen molar-refractivity contribution in [1.82, 2.24) is 14.6 Å². The normalized spacial score (nSPS) is 24.6. The predicted molar refractivity (Wildman–Crippen MR) is 143 cm³/mol.